The highest BCUT2D eigenvalue weighted by Crippen LogP contribution is 2.36. The molecule has 0 atom stereocenters. The van der Waals surface area contributed by atoms with E-state index in [0.717, 1.165) is 32.1 Å². The number of aromatic nitrogens is 2. The second kappa shape index (κ2) is 11.4. The molecule has 0 N–H and O–H groups in total. The number of nitro groups is 1. The minimum Gasteiger partial charge on any atom is -0.474 e. The maximum absolute atomic E-state index is 13.3. The van der Waals surface area contributed by atoms with Crippen LogP contribution in [0.15, 0.2) is 50.8 Å². The Morgan fingerprint density at radius 3 is 2.75 bits per heavy atom. The maximum Gasteiger partial charge on any atom is 0.344 e. The third kappa shape index (κ3) is 5.62. The van der Waals surface area contributed by atoms with Crippen molar-refractivity contribution in [3.8, 4) is 5.75 Å². The lowest BCUT2D eigenvalue weighted by Crippen LogP contribution is -2.25. The Kier molecular flexibility index (Phi) is 8.09. The van der Waals surface area contributed by atoms with E-state index in [1.54, 1.807) is 25.1 Å². The van der Waals surface area contributed by atoms with Crippen LogP contribution in [0.2, 0.25) is 0 Å². The van der Waals surface area contributed by atoms with Crippen molar-refractivity contribution in [3.63, 3.8) is 0 Å². The van der Waals surface area contributed by atoms with Crippen molar-refractivity contribution in [1.29, 1.82) is 0 Å². The first-order valence-corrected chi connectivity index (χ1v) is 12.5. The number of esters is 1. The van der Waals surface area contributed by atoms with Gasteiger partial charge in [0.1, 0.15) is 5.82 Å². The first-order chi connectivity index (χ1) is 17.4. The zero-order valence-electron chi connectivity index (χ0n) is 19.7. The number of para-hydroxylation sites is 1. The molecule has 1 aliphatic rings. The first kappa shape index (κ1) is 25.5. The van der Waals surface area contributed by atoms with Gasteiger partial charge in [-0.05, 0) is 53.9 Å². The fraction of sp³-hybridized carbons (Fsp3) is 0.360. The number of hydrogen-bond acceptors (Lipinski definition) is 8. The molecule has 3 aromatic rings. The van der Waals surface area contributed by atoms with E-state index in [4.69, 9.17) is 14.5 Å². The van der Waals surface area contributed by atoms with E-state index >= 15 is 0 Å². The predicted molar refractivity (Wildman–Crippen MR) is 138 cm³/mol. The summed E-state index contributed by atoms with van der Waals surface area (Å²) in [6.45, 7) is 1.36. The standard InChI is InChI=1S/C25H25BrN4O6/c1-2-35-22(31)15-36-23-19(26)12-16(13-21(23)30(33)34)14-27-29-24(17-8-4-3-5-9-17)28-20-11-7-6-10-18(20)25(29)32/h6-7,10-14,17H,2-5,8-9,15H2,1H3. The van der Waals surface area contributed by atoms with Crippen molar-refractivity contribution in [3.05, 3.63) is 72.7 Å². The fourth-order valence-electron chi connectivity index (χ4n) is 4.29. The number of hydrogen-bond donors (Lipinski definition) is 0. The summed E-state index contributed by atoms with van der Waals surface area (Å²) < 4.78 is 11.7. The molecule has 36 heavy (non-hydrogen) atoms. The molecule has 188 valence electrons. The average Bonchev–Trinajstić information content (AvgIpc) is 2.87. The molecule has 0 radical (unpaired) electrons. The molecule has 10 nitrogen and oxygen atoms in total. The van der Waals surface area contributed by atoms with E-state index in [9.17, 15) is 19.7 Å². The summed E-state index contributed by atoms with van der Waals surface area (Å²) in [7, 11) is 0. The second-order valence-corrected chi connectivity index (χ2v) is 9.24. The van der Waals surface area contributed by atoms with Gasteiger partial charge in [-0.3, -0.25) is 14.9 Å². The Hall–Kier alpha value is -3.60. The number of nitrogens with zero attached hydrogens (tertiary/aromatic N) is 4. The summed E-state index contributed by atoms with van der Waals surface area (Å²) >= 11 is 3.28. The van der Waals surface area contributed by atoms with Gasteiger partial charge < -0.3 is 9.47 Å². The minimum atomic E-state index is -0.636. The quantitative estimate of drug-likeness (QED) is 0.166. The highest BCUT2D eigenvalue weighted by Gasteiger charge is 2.23. The van der Waals surface area contributed by atoms with Crippen LogP contribution >= 0.6 is 15.9 Å². The van der Waals surface area contributed by atoms with Gasteiger partial charge in [-0.15, -0.1) is 0 Å². The Labute approximate surface area is 215 Å². The molecule has 1 heterocycles. The van der Waals surface area contributed by atoms with Crippen LogP contribution in [0, 0.1) is 10.1 Å². The smallest absolute Gasteiger partial charge is 0.344 e. The van der Waals surface area contributed by atoms with Crippen molar-refractivity contribution < 1.29 is 19.2 Å². The fourth-order valence-corrected chi connectivity index (χ4v) is 4.87. The lowest BCUT2D eigenvalue weighted by molar-refractivity contribution is -0.385. The predicted octanol–water partition coefficient (Wildman–Crippen LogP) is 4.94. The van der Waals surface area contributed by atoms with Crippen molar-refractivity contribution in [1.82, 2.24) is 9.66 Å². The average molecular weight is 557 g/mol. The van der Waals surface area contributed by atoms with Crippen molar-refractivity contribution in [2.24, 2.45) is 5.10 Å². The Morgan fingerprint density at radius 2 is 2.03 bits per heavy atom. The van der Waals surface area contributed by atoms with Crippen LogP contribution in [0.25, 0.3) is 10.9 Å². The van der Waals surface area contributed by atoms with Crippen molar-refractivity contribution >= 4 is 44.7 Å². The van der Waals surface area contributed by atoms with Crippen LogP contribution < -0.4 is 10.3 Å². The molecule has 11 heteroatoms. The molecule has 1 saturated carbocycles. The summed E-state index contributed by atoms with van der Waals surface area (Å²) in [5, 5.41) is 16.6. The highest BCUT2D eigenvalue weighted by atomic mass is 79.9. The van der Waals surface area contributed by atoms with Crippen LogP contribution in [-0.2, 0) is 9.53 Å². The van der Waals surface area contributed by atoms with Gasteiger partial charge in [0.2, 0.25) is 5.75 Å². The van der Waals surface area contributed by atoms with Crippen LogP contribution in [0.5, 0.6) is 5.75 Å². The lowest BCUT2D eigenvalue weighted by Gasteiger charge is -2.22. The molecule has 1 aromatic heterocycles. The van der Waals surface area contributed by atoms with Gasteiger partial charge in [-0.2, -0.15) is 9.78 Å². The summed E-state index contributed by atoms with van der Waals surface area (Å²) in [5.41, 5.74) is 0.342. The Balaban J connectivity index is 1.73. The molecule has 2 aromatic carbocycles. The van der Waals surface area contributed by atoms with Crippen LogP contribution in [0.3, 0.4) is 0 Å². The number of benzene rings is 2. The number of ether oxygens (including phenoxy) is 2. The SMILES string of the molecule is CCOC(=O)COc1c(Br)cc(C=Nn2c(C3CCCCC3)nc3ccccc3c2=O)cc1[N+](=O)[O-]. The van der Waals surface area contributed by atoms with Crippen LogP contribution in [-0.4, -0.2) is 40.0 Å². The van der Waals surface area contributed by atoms with Gasteiger partial charge in [0.05, 0.1) is 33.1 Å². The third-order valence-corrected chi connectivity index (χ3v) is 6.54. The minimum absolute atomic E-state index is 0.0994. The van der Waals surface area contributed by atoms with Crippen LogP contribution in [0.4, 0.5) is 5.69 Å². The number of fused-ring (bicyclic) bond motifs is 1. The number of carbonyl (C=O) groups excluding carboxylic acids is 1. The molecule has 4 rings (SSSR count). The van der Waals surface area contributed by atoms with Gasteiger partial charge in [-0.25, -0.2) is 9.78 Å². The summed E-state index contributed by atoms with van der Waals surface area (Å²) in [6, 6.07) is 9.97. The van der Waals surface area contributed by atoms with E-state index in [2.05, 4.69) is 21.0 Å². The zero-order chi connectivity index (χ0) is 25.7. The molecular formula is C25H25BrN4O6. The first-order valence-electron chi connectivity index (χ1n) is 11.7. The summed E-state index contributed by atoms with van der Waals surface area (Å²) in [6.07, 6.45) is 6.50. The number of halogens is 1. The highest BCUT2D eigenvalue weighted by molar-refractivity contribution is 9.10. The molecule has 0 bridgehead atoms. The van der Waals surface area contributed by atoms with Gasteiger partial charge in [0.15, 0.2) is 6.61 Å². The van der Waals surface area contributed by atoms with E-state index in [-0.39, 0.29) is 34.0 Å². The molecular weight excluding hydrogens is 532 g/mol. The normalized spacial score (nSPS) is 14.3. The topological polar surface area (TPSA) is 126 Å². The third-order valence-electron chi connectivity index (χ3n) is 5.95. The largest absolute Gasteiger partial charge is 0.474 e. The van der Waals surface area contributed by atoms with Crippen molar-refractivity contribution in [2.75, 3.05) is 13.2 Å². The number of rotatable bonds is 8. The molecule has 0 saturated heterocycles. The van der Waals surface area contributed by atoms with Gasteiger partial charge in [-0.1, -0.05) is 31.4 Å². The molecule has 0 amide bonds. The zero-order valence-corrected chi connectivity index (χ0v) is 21.3. The van der Waals surface area contributed by atoms with Gasteiger partial charge in [0, 0.05) is 17.5 Å². The van der Waals surface area contributed by atoms with E-state index in [1.807, 2.05) is 12.1 Å². The van der Waals surface area contributed by atoms with Gasteiger partial charge >= 0.3 is 11.7 Å². The summed E-state index contributed by atoms with van der Waals surface area (Å²) in [5.74, 6) is -0.0362. The lowest BCUT2D eigenvalue weighted by atomic mass is 9.88. The van der Waals surface area contributed by atoms with E-state index < -0.39 is 17.5 Å². The molecule has 0 aliphatic heterocycles. The Morgan fingerprint density at radius 1 is 1.28 bits per heavy atom. The Bertz CT molecular complexity index is 1380. The molecule has 1 fully saturated rings. The number of carbonyl (C=O) groups is 1. The molecule has 1 aliphatic carbocycles. The van der Waals surface area contributed by atoms with E-state index in [0.29, 0.717) is 22.3 Å². The number of nitro benzene ring substituents is 1. The molecule has 0 spiro atoms. The van der Waals surface area contributed by atoms with Gasteiger partial charge in [0.25, 0.3) is 5.56 Å². The van der Waals surface area contributed by atoms with E-state index in [1.165, 1.54) is 17.0 Å². The maximum atomic E-state index is 13.3. The monoisotopic (exact) mass is 556 g/mol. The second-order valence-electron chi connectivity index (χ2n) is 8.39. The van der Waals surface area contributed by atoms with Crippen LogP contribution in [0.1, 0.15) is 56.3 Å². The molecule has 0 unspecified atom stereocenters. The van der Waals surface area contributed by atoms with Crippen molar-refractivity contribution in [2.45, 2.75) is 44.9 Å². The summed E-state index contributed by atoms with van der Waals surface area (Å²) in [4.78, 5) is 40.8.